The normalized spacial score (nSPS) is 11.1. The fourth-order valence-corrected chi connectivity index (χ4v) is 2.60. The lowest BCUT2D eigenvalue weighted by Gasteiger charge is -2.02. The first kappa shape index (κ1) is 18.2. The molecule has 0 bridgehead atoms. The average molecular weight is 391 g/mol. The van der Waals surface area contributed by atoms with Crippen molar-refractivity contribution in [2.24, 2.45) is 0 Å². The van der Waals surface area contributed by atoms with Gasteiger partial charge in [0.05, 0.1) is 34.1 Å². The predicted octanol–water partition coefficient (Wildman–Crippen LogP) is 5.43. The second-order valence-electron chi connectivity index (χ2n) is 5.38. The van der Waals surface area contributed by atoms with Crippen molar-refractivity contribution in [1.82, 2.24) is 10.2 Å². The number of hydrogen-bond donors (Lipinski definition) is 1. The molecule has 3 rings (SSSR count). The number of ketones is 1. The van der Waals surface area contributed by atoms with Gasteiger partial charge in [0, 0.05) is 11.6 Å². The van der Waals surface area contributed by atoms with Crippen LogP contribution < -0.4 is 4.74 Å². The third kappa shape index (κ3) is 3.95. The number of carbonyl (C=O) groups is 1. The third-order valence-electron chi connectivity index (χ3n) is 3.67. The monoisotopic (exact) mass is 390 g/mol. The average Bonchev–Trinajstić information content (AvgIpc) is 3.11. The molecular weight excluding hydrogens is 378 g/mol. The van der Waals surface area contributed by atoms with Gasteiger partial charge in [-0.15, -0.1) is 0 Å². The van der Waals surface area contributed by atoms with Gasteiger partial charge in [-0.3, -0.25) is 9.89 Å². The van der Waals surface area contributed by atoms with Gasteiger partial charge in [-0.1, -0.05) is 29.3 Å². The number of aromatic nitrogens is 2. The summed E-state index contributed by atoms with van der Waals surface area (Å²) in [5.41, 5.74) is 1.98. The zero-order valence-electron chi connectivity index (χ0n) is 13.6. The van der Waals surface area contributed by atoms with Gasteiger partial charge in [0.25, 0.3) is 0 Å². The van der Waals surface area contributed by atoms with E-state index in [1.807, 2.05) is 0 Å². The minimum atomic E-state index is -0.639. The first-order valence-corrected chi connectivity index (χ1v) is 8.30. The van der Waals surface area contributed by atoms with Gasteiger partial charge >= 0.3 is 0 Å². The van der Waals surface area contributed by atoms with Gasteiger partial charge in [0.15, 0.2) is 5.78 Å². The number of halogens is 3. The molecule has 7 heteroatoms. The van der Waals surface area contributed by atoms with Gasteiger partial charge < -0.3 is 4.74 Å². The maximum Gasteiger partial charge on any atom is 0.188 e. The molecule has 2 aromatic carbocycles. The Balaban J connectivity index is 1.78. The highest BCUT2D eigenvalue weighted by atomic mass is 35.5. The molecule has 26 heavy (non-hydrogen) atoms. The number of rotatable bonds is 5. The van der Waals surface area contributed by atoms with E-state index in [1.165, 1.54) is 37.5 Å². The highest BCUT2D eigenvalue weighted by Crippen LogP contribution is 2.28. The van der Waals surface area contributed by atoms with Crippen molar-refractivity contribution in [1.29, 1.82) is 0 Å². The van der Waals surface area contributed by atoms with E-state index in [9.17, 15) is 9.18 Å². The zero-order valence-corrected chi connectivity index (χ0v) is 15.1. The molecular formula is C19H13Cl2FN2O2. The molecule has 132 valence electrons. The molecule has 1 heterocycles. The molecule has 0 atom stereocenters. The lowest BCUT2D eigenvalue weighted by molar-refractivity contribution is 0.104. The smallest absolute Gasteiger partial charge is 0.188 e. The van der Waals surface area contributed by atoms with E-state index < -0.39 is 11.6 Å². The highest BCUT2D eigenvalue weighted by molar-refractivity contribution is 6.42. The highest BCUT2D eigenvalue weighted by Gasteiger charge is 2.10. The number of benzene rings is 2. The van der Waals surface area contributed by atoms with Crippen LogP contribution in [0.1, 0.15) is 16.1 Å². The summed E-state index contributed by atoms with van der Waals surface area (Å²) in [6.45, 7) is 0. The number of carbonyl (C=O) groups excluding carboxylic acids is 1. The Labute approximate surface area is 159 Å². The van der Waals surface area contributed by atoms with Crippen LogP contribution in [0.3, 0.4) is 0 Å². The van der Waals surface area contributed by atoms with Crippen molar-refractivity contribution in [2.75, 3.05) is 7.11 Å². The van der Waals surface area contributed by atoms with Crippen molar-refractivity contribution in [2.45, 2.75) is 0 Å². The summed E-state index contributed by atoms with van der Waals surface area (Å²) < 4.78 is 18.9. The van der Waals surface area contributed by atoms with Gasteiger partial charge in [-0.25, -0.2) is 4.39 Å². The first-order valence-electron chi connectivity index (χ1n) is 7.54. The summed E-state index contributed by atoms with van der Waals surface area (Å²) >= 11 is 11.9. The van der Waals surface area contributed by atoms with Crippen molar-refractivity contribution in [3.8, 4) is 17.0 Å². The maximum atomic E-state index is 13.9. The predicted molar refractivity (Wildman–Crippen MR) is 100 cm³/mol. The van der Waals surface area contributed by atoms with Crippen molar-refractivity contribution >= 4 is 35.1 Å². The largest absolute Gasteiger partial charge is 0.497 e. The zero-order chi connectivity index (χ0) is 18.7. The SMILES string of the molecule is COc1ccc(C(=O)C=Cc2cc(-c3ccc(Cl)c(Cl)c3)n[nH]2)c(F)c1. The molecule has 3 aromatic rings. The summed E-state index contributed by atoms with van der Waals surface area (Å²) in [7, 11) is 1.43. The number of nitrogens with zero attached hydrogens (tertiary/aromatic N) is 1. The molecule has 1 aromatic heterocycles. The Hall–Kier alpha value is -2.63. The first-order chi connectivity index (χ1) is 12.5. The van der Waals surface area contributed by atoms with E-state index >= 15 is 0 Å². The van der Waals surface area contributed by atoms with Crippen molar-refractivity contribution in [3.05, 3.63) is 75.7 Å². The Kier molecular flexibility index (Phi) is 5.40. The molecule has 0 fully saturated rings. The standard InChI is InChI=1S/C19H13Cl2FN2O2/c1-26-13-4-5-14(17(22)10-13)19(25)7-3-12-9-18(24-23-12)11-2-6-15(20)16(21)8-11/h2-10H,1H3,(H,23,24). The summed E-state index contributed by atoms with van der Waals surface area (Å²) in [5.74, 6) is -0.751. The quantitative estimate of drug-likeness (QED) is 0.466. The summed E-state index contributed by atoms with van der Waals surface area (Å²) in [4.78, 5) is 12.2. The summed E-state index contributed by atoms with van der Waals surface area (Å²) in [6.07, 6.45) is 2.80. The van der Waals surface area contributed by atoms with Crippen LogP contribution in [0.25, 0.3) is 17.3 Å². The van der Waals surface area contributed by atoms with E-state index in [2.05, 4.69) is 10.2 Å². The number of H-pyrrole nitrogens is 1. The number of aromatic amines is 1. The van der Waals surface area contributed by atoms with Crippen LogP contribution in [0.2, 0.25) is 10.0 Å². The van der Waals surface area contributed by atoms with Crippen LogP contribution in [0.4, 0.5) is 4.39 Å². The van der Waals surface area contributed by atoms with Crippen molar-refractivity contribution < 1.29 is 13.9 Å². The molecule has 0 aliphatic carbocycles. The summed E-state index contributed by atoms with van der Waals surface area (Å²) in [6, 6.07) is 11.0. The molecule has 0 aliphatic heterocycles. The Morgan fingerprint density at radius 1 is 1.15 bits per heavy atom. The fourth-order valence-electron chi connectivity index (χ4n) is 2.30. The molecule has 0 amide bonds. The Morgan fingerprint density at radius 3 is 2.65 bits per heavy atom. The van der Waals surface area contributed by atoms with Crippen LogP contribution in [0.15, 0.2) is 48.5 Å². The number of methoxy groups -OCH3 is 1. The third-order valence-corrected chi connectivity index (χ3v) is 4.41. The van der Waals surface area contributed by atoms with Gasteiger partial charge in [0.1, 0.15) is 11.6 Å². The molecule has 0 aliphatic rings. The topological polar surface area (TPSA) is 55.0 Å². The van der Waals surface area contributed by atoms with E-state index in [0.717, 1.165) is 5.56 Å². The van der Waals surface area contributed by atoms with E-state index in [4.69, 9.17) is 27.9 Å². The van der Waals surface area contributed by atoms with Crippen LogP contribution in [-0.2, 0) is 0 Å². The molecule has 4 nitrogen and oxygen atoms in total. The molecule has 0 saturated carbocycles. The second-order valence-corrected chi connectivity index (χ2v) is 6.20. The van der Waals surface area contributed by atoms with Gasteiger partial charge in [-0.05, 0) is 42.5 Å². The number of hydrogen-bond acceptors (Lipinski definition) is 3. The molecule has 0 unspecified atom stereocenters. The molecule has 0 spiro atoms. The number of nitrogens with one attached hydrogen (secondary N) is 1. The fraction of sp³-hybridized carbons (Fsp3) is 0.0526. The Bertz CT molecular complexity index is 999. The van der Waals surface area contributed by atoms with Crippen LogP contribution in [0, 0.1) is 5.82 Å². The molecule has 1 N–H and O–H groups in total. The number of allylic oxidation sites excluding steroid dienone is 1. The minimum absolute atomic E-state index is 0.0359. The lowest BCUT2D eigenvalue weighted by Crippen LogP contribution is -1.99. The van der Waals surface area contributed by atoms with E-state index in [1.54, 1.807) is 24.3 Å². The van der Waals surface area contributed by atoms with E-state index in [0.29, 0.717) is 27.2 Å². The molecule has 0 saturated heterocycles. The van der Waals surface area contributed by atoms with Crippen LogP contribution >= 0.6 is 23.2 Å². The Morgan fingerprint density at radius 2 is 1.96 bits per heavy atom. The number of ether oxygens (including phenoxy) is 1. The lowest BCUT2D eigenvalue weighted by atomic mass is 10.1. The van der Waals surface area contributed by atoms with Gasteiger partial charge in [0.2, 0.25) is 0 Å². The summed E-state index contributed by atoms with van der Waals surface area (Å²) in [5, 5.41) is 7.85. The minimum Gasteiger partial charge on any atom is -0.497 e. The second kappa shape index (κ2) is 7.72. The maximum absolute atomic E-state index is 13.9. The van der Waals surface area contributed by atoms with E-state index in [-0.39, 0.29) is 5.56 Å². The van der Waals surface area contributed by atoms with Crippen LogP contribution in [-0.4, -0.2) is 23.1 Å². The van der Waals surface area contributed by atoms with Crippen LogP contribution in [0.5, 0.6) is 5.75 Å². The molecule has 0 radical (unpaired) electrons. The van der Waals surface area contributed by atoms with Gasteiger partial charge in [-0.2, -0.15) is 5.10 Å². The van der Waals surface area contributed by atoms with Crippen molar-refractivity contribution in [3.63, 3.8) is 0 Å².